The summed E-state index contributed by atoms with van der Waals surface area (Å²) >= 11 is 0. The first-order chi connectivity index (χ1) is 13.5. The van der Waals surface area contributed by atoms with Crippen molar-refractivity contribution < 1.29 is 18.7 Å². The molecule has 1 amide bonds. The van der Waals surface area contributed by atoms with Crippen LogP contribution in [-0.4, -0.2) is 28.6 Å². The molecule has 1 aliphatic rings. The first-order valence-electron chi connectivity index (χ1n) is 9.09. The molecule has 0 saturated heterocycles. The van der Waals surface area contributed by atoms with Gasteiger partial charge >= 0.3 is 0 Å². The van der Waals surface area contributed by atoms with E-state index in [-0.39, 0.29) is 18.5 Å². The second kappa shape index (κ2) is 7.52. The van der Waals surface area contributed by atoms with E-state index in [1.54, 1.807) is 12.1 Å². The Labute approximate surface area is 160 Å². The van der Waals surface area contributed by atoms with Gasteiger partial charge in [-0.3, -0.25) is 4.79 Å². The van der Waals surface area contributed by atoms with E-state index >= 15 is 0 Å². The van der Waals surface area contributed by atoms with E-state index in [9.17, 15) is 18.7 Å². The van der Waals surface area contributed by atoms with Gasteiger partial charge in [-0.15, -0.1) is 0 Å². The number of carbonyl (C=O) groups is 1. The van der Waals surface area contributed by atoms with E-state index in [0.29, 0.717) is 22.3 Å². The quantitative estimate of drug-likeness (QED) is 0.609. The van der Waals surface area contributed by atoms with Crippen LogP contribution in [0.15, 0.2) is 48.5 Å². The van der Waals surface area contributed by atoms with E-state index in [0.717, 1.165) is 25.0 Å². The zero-order chi connectivity index (χ0) is 19.7. The third-order valence-electron chi connectivity index (χ3n) is 4.68. The van der Waals surface area contributed by atoms with Crippen LogP contribution in [0, 0.1) is 11.6 Å². The largest absolute Gasteiger partial charge is 0.386 e. The monoisotopic (exact) mass is 383 g/mol. The Balaban J connectivity index is 1.59. The van der Waals surface area contributed by atoms with Crippen LogP contribution >= 0.6 is 0 Å². The molecule has 144 valence electrons. The van der Waals surface area contributed by atoms with Gasteiger partial charge in [0.05, 0.1) is 16.6 Å². The van der Waals surface area contributed by atoms with Crippen molar-refractivity contribution in [2.45, 2.75) is 25.0 Å². The Morgan fingerprint density at radius 2 is 1.86 bits per heavy atom. The second-order valence-electron chi connectivity index (χ2n) is 6.85. The molecule has 2 aromatic carbocycles. The summed E-state index contributed by atoms with van der Waals surface area (Å²) in [5.74, 6) is -1.48. The molecule has 28 heavy (non-hydrogen) atoms. The normalized spacial score (nSPS) is 14.7. The van der Waals surface area contributed by atoms with E-state index < -0.39 is 23.3 Å². The maximum absolute atomic E-state index is 13.8. The molecule has 1 saturated carbocycles. The van der Waals surface area contributed by atoms with Crippen molar-refractivity contribution in [1.82, 2.24) is 10.3 Å². The standard InChI is InChI=1S/C21H19F2N3O2/c22-15-5-3-6-16(23)20(15)18(27)11-24-19-10-14(21(28)25-12-8-9-12)13-4-1-2-7-17(13)26-19/h1-7,10,12,18,27H,8-9,11H2,(H,24,26)(H,25,28). The summed E-state index contributed by atoms with van der Waals surface area (Å²) in [6.45, 7) is -0.160. The molecule has 5 nitrogen and oxygen atoms in total. The van der Waals surface area contributed by atoms with Crippen LogP contribution < -0.4 is 10.6 Å². The fourth-order valence-electron chi connectivity index (χ4n) is 3.08. The SMILES string of the molecule is O=C(NC1CC1)c1cc(NCC(O)c2c(F)cccc2F)nc2ccccc12. The Morgan fingerprint density at radius 1 is 1.14 bits per heavy atom. The molecule has 7 heteroatoms. The number of hydrogen-bond donors (Lipinski definition) is 3. The lowest BCUT2D eigenvalue weighted by molar-refractivity contribution is 0.0952. The molecule has 3 aromatic rings. The number of pyridine rings is 1. The van der Waals surface area contributed by atoms with Gasteiger partial charge < -0.3 is 15.7 Å². The van der Waals surface area contributed by atoms with E-state index in [4.69, 9.17) is 0 Å². The van der Waals surface area contributed by atoms with Gasteiger partial charge in [-0.2, -0.15) is 0 Å². The lowest BCUT2D eigenvalue weighted by Gasteiger charge is -2.15. The number of para-hydroxylation sites is 1. The van der Waals surface area contributed by atoms with Crippen molar-refractivity contribution in [2.24, 2.45) is 0 Å². The fourth-order valence-corrected chi connectivity index (χ4v) is 3.08. The fraction of sp³-hybridized carbons (Fsp3) is 0.238. The van der Waals surface area contributed by atoms with Gasteiger partial charge in [0.1, 0.15) is 23.6 Å². The summed E-state index contributed by atoms with van der Waals surface area (Å²) in [7, 11) is 0. The van der Waals surface area contributed by atoms with Crippen LogP contribution in [0.1, 0.15) is 34.9 Å². The molecule has 4 rings (SSSR count). The number of nitrogens with zero attached hydrogens (tertiary/aromatic N) is 1. The van der Waals surface area contributed by atoms with Crippen LogP contribution in [0.5, 0.6) is 0 Å². The molecule has 0 radical (unpaired) electrons. The van der Waals surface area contributed by atoms with E-state index in [1.807, 2.05) is 18.2 Å². The molecule has 0 spiro atoms. The van der Waals surface area contributed by atoms with Gasteiger partial charge in [0, 0.05) is 18.0 Å². The number of halogens is 2. The summed E-state index contributed by atoms with van der Waals surface area (Å²) in [5, 5.41) is 16.8. The lowest BCUT2D eigenvalue weighted by atomic mass is 10.1. The summed E-state index contributed by atoms with van der Waals surface area (Å²) in [5.41, 5.74) is 0.675. The number of aromatic nitrogens is 1. The minimum absolute atomic E-state index is 0.160. The van der Waals surface area contributed by atoms with Gasteiger partial charge in [-0.1, -0.05) is 24.3 Å². The molecule has 1 unspecified atom stereocenters. The number of aliphatic hydroxyl groups excluding tert-OH is 1. The molecule has 1 heterocycles. The Morgan fingerprint density at radius 3 is 2.57 bits per heavy atom. The van der Waals surface area contributed by atoms with Crippen molar-refractivity contribution in [3.05, 3.63) is 71.3 Å². The number of rotatable bonds is 6. The molecule has 1 aromatic heterocycles. The van der Waals surface area contributed by atoms with Crippen molar-refractivity contribution in [1.29, 1.82) is 0 Å². The molecule has 1 fully saturated rings. The van der Waals surface area contributed by atoms with Crippen molar-refractivity contribution in [3.63, 3.8) is 0 Å². The molecule has 0 aliphatic heterocycles. The Kier molecular flexibility index (Phi) is 4.92. The van der Waals surface area contributed by atoms with Crippen LogP contribution in [0.4, 0.5) is 14.6 Å². The first kappa shape index (κ1) is 18.3. The van der Waals surface area contributed by atoms with Crippen molar-refractivity contribution in [2.75, 3.05) is 11.9 Å². The van der Waals surface area contributed by atoms with Crippen molar-refractivity contribution >= 4 is 22.6 Å². The summed E-state index contributed by atoms with van der Waals surface area (Å²) in [6, 6.07) is 12.5. The molecular weight excluding hydrogens is 364 g/mol. The predicted molar refractivity (Wildman–Crippen MR) is 102 cm³/mol. The van der Waals surface area contributed by atoms with Crippen LogP contribution in [-0.2, 0) is 0 Å². The maximum atomic E-state index is 13.8. The van der Waals surface area contributed by atoms with Crippen LogP contribution in [0.2, 0.25) is 0 Å². The highest BCUT2D eigenvalue weighted by Gasteiger charge is 2.25. The van der Waals surface area contributed by atoms with Crippen LogP contribution in [0.3, 0.4) is 0 Å². The minimum atomic E-state index is -1.40. The average Bonchev–Trinajstić information content (AvgIpc) is 3.49. The number of amides is 1. The number of carbonyl (C=O) groups excluding carboxylic acids is 1. The number of benzene rings is 2. The van der Waals surface area contributed by atoms with Gasteiger partial charge in [0.2, 0.25) is 0 Å². The molecule has 1 aliphatic carbocycles. The summed E-state index contributed by atoms with van der Waals surface area (Å²) in [4.78, 5) is 17.0. The highest BCUT2D eigenvalue weighted by molar-refractivity contribution is 6.07. The smallest absolute Gasteiger partial charge is 0.252 e. The minimum Gasteiger partial charge on any atom is -0.386 e. The molecule has 0 bridgehead atoms. The third kappa shape index (κ3) is 3.80. The van der Waals surface area contributed by atoms with Gasteiger partial charge in [0.25, 0.3) is 5.91 Å². The summed E-state index contributed by atoms with van der Waals surface area (Å²) in [6.07, 6.45) is 0.541. The zero-order valence-electron chi connectivity index (χ0n) is 15.0. The van der Waals surface area contributed by atoms with E-state index in [2.05, 4.69) is 15.6 Å². The molecule has 3 N–H and O–H groups in total. The summed E-state index contributed by atoms with van der Waals surface area (Å²) < 4.78 is 27.7. The van der Waals surface area contributed by atoms with Gasteiger partial charge in [-0.25, -0.2) is 13.8 Å². The number of hydrogen-bond acceptors (Lipinski definition) is 4. The van der Waals surface area contributed by atoms with E-state index in [1.165, 1.54) is 6.07 Å². The highest BCUT2D eigenvalue weighted by Crippen LogP contribution is 2.25. The third-order valence-corrected chi connectivity index (χ3v) is 4.68. The zero-order valence-corrected chi connectivity index (χ0v) is 15.0. The number of fused-ring (bicyclic) bond motifs is 1. The number of aliphatic hydroxyl groups is 1. The number of anilines is 1. The Bertz CT molecular complexity index is 1020. The van der Waals surface area contributed by atoms with Crippen molar-refractivity contribution in [3.8, 4) is 0 Å². The number of nitrogens with one attached hydrogen (secondary N) is 2. The molecular formula is C21H19F2N3O2. The average molecular weight is 383 g/mol. The topological polar surface area (TPSA) is 74.2 Å². The first-order valence-corrected chi connectivity index (χ1v) is 9.09. The molecule has 1 atom stereocenters. The predicted octanol–water partition coefficient (Wildman–Crippen LogP) is 3.55. The maximum Gasteiger partial charge on any atom is 0.252 e. The second-order valence-corrected chi connectivity index (χ2v) is 6.85. The highest BCUT2D eigenvalue weighted by atomic mass is 19.1. The van der Waals surface area contributed by atoms with Gasteiger partial charge in [0.15, 0.2) is 0 Å². The van der Waals surface area contributed by atoms with Gasteiger partial charge in [-0.05, 0) is 37.1 Å². The Hall–Kier alpha value is -3.06. The van der Waals surface area contributed by atoms with Crippen LogP contribution in [0.25, 0.3) is 10.9 Å². The lowest BCUT2D eigenvalue weighted by Crippen LogP contribution is -2.26.